The Kier molecular flexibility index (Phi) is 6.61. The highest BCUT2D eigenvalue weighted by atomic mass is 16.3. The maximum atomic E-state index is 6.49. The van der Waals surface area contributed by atoms with E-state index in [1.54, 1.807) is 0 Å². The van der Waals surface area contributed by atoms with Gasteiger partial charge in [-0.05, 0) is 99.0 Å². The van der Waals surface area contributed by atoms with Crippen LogP contribution < -0.4 is 21.1 Å². The minimum Gasteiger partial charge on any atom is -0.454 e. The van der Waals surface area contributed by atoms with Crippen molar-refractivity contribution in [3.63, 3.8) is 0 Å². The zero-order valence-electron chi connectivity index (χ0n) is 30.4. The molecular weight excluding hydrogens is 655 g/mol. The molecule has 11 rings (SSSR count). The quantitative estimate of drug-likeness (QED) is 0.186. The van der Waals surface area contributed by atoms with E-state index in [1.165, 1.54) is 72.1 Å². The lowest BCUT2D eigenvalue weighted by Gasteiger charge is -2.46. The first-order valence-electron chi connectivity index (χ1n) is 18.8. The molecule has 0 amide bonds. The van der Waals surface area contributed by atoms with Gasteiger partial charge in [-0.3, -0.25) is 0 Å². The molecular formula is C50H36BN2O. The van der Waals surface area contributed by atoms with E-state index in [2.05, 4.69) is 184 Å². The van der Waals surface area contributed by atoms with E-state index in [1.807, 2.05) is 12.1 Å². The highest BCUT2D eigenvalue weighted by molar-refractivity contribution is 6.73. The average Bonchev–Trinajstić information content (AvgIpc) is 3.59. The first-order chi connectivity index (χ1) is 26.4. The van der Waals surface area contributed by atoms with Gasteiger partial charge < -0.3 is 14.6 Å². The monoisotopic (exact) mass is 691 g/mol. The molecule has 54 heavy (non-hydrogen) atoms. The minimum absolute atomic E-state index is 0.169. The molecule has 0 saturated heterocycles. The smallest absolute Gasteiger partial charge is 0.197 e. The molecule has 0 bridgehead atoms. The van der Waals surface area contributed by atoms with E-state index in [0.29, 0.717) is 0 Å². The maximum absolute atomic E-state index is 6.49. The second-order valence-corrected chi connectivity index (χ2v) is 15.3. The molecule has 0 fully saturated rings. The third-order valence-corrected chi connectivity index (χ3v) is 11.7. The third-order valence-electron chi connectivity index (χ3n) is 11.7. The van der Waals surface area contributed by atoms with E-state index in [4.69, 9.17) is 4.42 Å². The summed E-state index contributed by atoms with van der Waals surface area (Å²) in [6.45, 7) is 6.98. The predicted octanol–water partition coefficient (Wildman–Crippen LogP) is 12.2. The summed E-state index contributed by atoms with van der Waals surface area (Å²) in [7, 11) is 2.42. The first-order valence-corrected chi connectivity index (χ1v) is 18.8. The van der Waals surface area contributed by atoms with Gasteiger partial charge >= 0.3 is 0 Å². The lowest BCUT2D eigenvalue weighted by atomic mass is 9.55. The van der Waals surface area contributed by atoms with E-state index in [0.717, 1.165) is 38.9 Å². The number of benzene rings is 8. The highest BCUT2D eigenvalue weighted by Crippen LogP contribution is 2.53. The molecule has 1 radical (unpaired) electrons. The molecule has 1 aromatic heterocycles. The van der Waals surface area contributed by atoms with Crippen LogP contribution in [0.2, 0.25) is 0 Å². The summed E-state index contributed by atoms with van der Waals surface area (Å²) in [6.07, 6.45) is 0. The topological polar surface area (TPSA) is 28.4 Å². The van der Waals surface area contributed by atoms with Gasteiger partial charge in [0.05, 0.1) is 11.4 Å². The number of furan rings is 1. The largest absolute Gasteiger partial charge is 0.454 e. The number of aryl methyl sites for hydroxylation is 1. The molecule has 2 aliphatic heterocycles. The van der Waals surface area contributed by atoms with Crippen molar-refractivity contribution in [3.8, 4) is 22.3 Å². The van der Waals surface area contributed by atoms with Gasteiger partial charge in [-0.1, -0.05) is 135 Å². The summed E-state index contributed by atoms with van der Waals surface area (Å²) in [5.41, 5.74) is 18.3. The molecule has 255 valence electrons. The molecule has 1 N–H and O–H groups in total. The predicted molar refractivity (Wildman–Crippen MR) is 228 cm³/mol. The molecule has 0 spiro atoms. The van der Waals surface area contributed by atoms with Gasteiger partial charge in [0.25, 0.3) is 0 Å². The summed E-state index contributed by atoms with van der Waals surface area (Å²) in [4.78, 5) is 2.55. The van der Waals surface area contributed by atoms with Gasteiger partial charge in [-0.25, -0.2) is 0 Å². The Hall–Kier alpha value is -6.52. The van der Waals surface area contributed by atoms with Gasteiger partial charge in [-0.15, -0.1) is 0 Å². The lowest BCUT2D eigenvalue weighted by Crippen LogP contribution is -2.45. The zero-order valence-corrected chi connectivity index (χ0v) is 30.4. The number of para-hydroxylation sites is 3. The molecule has 9 aromatic rings. The van der Waals surface area contributed by atoms with Crippen molar-refractivity contribution >= 4 is 79.4 Å². The summed E-state index contributed by atoms with van der Waals surface area (Å²) in [5.74, 6) is 0. The van der Waals surface area contributed by atoms with Gasteiger partial charge in [0, 0.05) is 38.8 Å². The molecule has 0 aliphatic carbocycles. The summed E-state index contributed by atoms with van der Waals surface area (Å²) in [5, 5.41) is 8.61. The third kappa shape index (κ3) is 4.56. The second-order valence-electron chi connectivity index (χ2n) is 15.3. The van der Waals surface area contributed by atoms with Crippen molar-refractivity contribution in [2.24, 2.45) is 0 Å². The number of nitrogens with one attached hydrogen (secondary N) is 1. The average molecular weight is 692 g/mol. The van der Waals surface area contributed by atoms with Crippen molar-refractivity contribution in [2.75, 3.05) is 10.2 Å². The van der Waals surface area contributed by atoms with Crippen molar-refractivity contribution < 1.29 is 4.42 Å². The molecule has 0 saturated carbocycles. The molecule has 3 heterocycles. The van der Waals surface area contributed by atoms with Crippen LogP contribution in [0.1, 0.15) is 30.5 Å². The molecule has 2 aliphatic rings. The maximum Gasteiger partial charge on any atom is 0.197 e. The van der Waals surface area contributed by atoms with Gasteiger partial charge in [-0.2, -0.15) is 0 Å². The van der Waals surface area contributed by atoms with Crippen LogP contribution in [-0.4, -0.2) is 7.28 Å². The van der Waals surface area contributed by atoms with Crippen molar-refractivity contribution in [1.29, 1.82) is 0 Å². The van der Waals surface area contributed by atoms with Crippen LogP contribution in [0, 0.1) is 6.92 Å². The Bertz CT molecular complexity index is 2990. The first kappa shape index (κ1) is 31.1. The van der Waals surface area contributed by atoms with E-state index >= 15 is 0 Å². The summed E-state index contributed by atoms with van der Waals surface area (Å²) >= 11 is 0. The van der Waals surface area contributed by atoms with Gasteiger partial charge in [0.1, 0.15) is 5.58 Å². The Balaban J connectivity index is 1.16. The van der Waals surface area contributed by atoms with Gasteiger partial charge in [0.2, 0.25) is 0 Å². The summed E-state index contributed by atoms with van der Waals surface area (Å²) < 4.78 is 6.49. The van der Waals surface area contributed by atoms with Crippen LogP contribution in [0.15, 0.2) is 162 Å². The van der Waals surface area contributed by atoms with Crippen LogP contribution in [0.4, 0.5) is 28.4 Å². The van der Waals surface area contributed by atoms with Gasteiger partial charge in [0.15, 0.2) is 12.9 Å². The molecule has 8 aromatic carbocycles. The highest BCUT2D eigenvalue weighted by Gasteiger charge is 2.41. The van der Waals surface area contributed by atoms with Crippen LogP contribution in [0.25, 0.3) is 55.0 Å². The Labute approximate surface area is 315 Å². The molecule has 0 atom stereocenters. The summed E-state index contributed by atoms with van der Waals surface area (Å²) in [6, 6.07) is 57.3. The van der Waals surface area contributed by atoms with Crippen LogP contribution in [-0.2, 0) is 5.41 Å². The number of hydrogen-bond acceptors (Lipinski definition) is 3. The minimum atomic E-state index is -0.169. The van der Waals surface area contributed by atoms with Crippen LogP contribution in [0.5, 0.6) is 0 Å². The number of rotatable bonds is 4. The standard InChI is InChI=1S/C50H36BN2O/c1-30-25-38(47-45(26-30)53-44-29-33-16-8-7-15-32(33)28-40(44)50(2,3)39-19-12-20-41(51-47)48(39)53)37-27-34(31-13-5-4-6-14-31)23-24-42(37)52-43-21-11-18-36-35-17-9-10-22-46(35)54-49(36)43/h4-29,52H,1-3H3. The van der Waals surface area contributed by atoms with Crippen LogP contribution in [0.3, 0.4) is 0 Å². The molecule has 0 unspecified atom stereocenters. The Morgan fingerprint density at radius 3 is 2.20 bits per heavy atom. The van der Waals surface area contributed by atoms with E-state index < -0.39 is 0 Å². The normalized spacial score (nSPS) is 13.7. The zero-order chi connectivity index (χ0) is 36.1. The molecule has 4 heteroatoms. The fraction of sp³-hybridized carbons (Fsp3) is 0.0800. The Morgan fingerprint density at radius 1 is 0.574 bits per heavy atom. The lowest BCUT2D eigenvalue weighted by molar-refractivity contribution is 0.633. The number of hydrogen-bond donors (Lipinski definition) is 1. The van der Waals surface area contributed by atoms with Crippen LogP contribution >= 0.6 is 0 Å². The van der Waals surface area contributed by atoms with E-state index in [9.17, 15) is 0 Å². The molecule has 3 nitrogen and oxygen atoms in total. The Morgan fingerprint density at radius 2 is 1.33 bits per heavy atom. The number of nitrogens with zero attached hydrogens (tertiary/aromatic N) is 1. The second kappa shape index (κ2) is 11.5. The number of fused-ring (bicyclic) bond motifs is 8. The fourth-order valence-electron chi connectivity index (χ4n) is 9.03. The SMILES string of the molecule is Cc1cc(-c2cc(-c3ccccc3)ccc2Nc2cccc3c2oc2ccccc23)c2c(c1)N1c3cc4ccccc4cc3C(C)(C)c3cccc(c31)[B]2. The van der Waals surface area contributed by atoms with Crippen molar-refractivity contribution in [1.82, 2.24) is 0 Å². The van der Waals surface area contributed by atoms with Crippen molar-refractivity contribution in [3.05, 3.63) is 174 Å². The number of anilines is 5. The van der Waals surface area contributed by atoms with E-state index in [-0.39, 0.29) is 5.41 Å². The fourth-order valence-corrected chi connectivity index (χ4v) is 9.03. The van der Waals surface area contributed by atoms with Crippen molar-refractivity contribution in [2.45, 2.75) is 26.2 Å².